The summed E-state index contributed by atoms with van der Waals surface area (Å²) in [5.41, 5.74) is 0. The lowest BCUT2D eigenvalue weighted by Crippen LogP contribution is -2.50. The van der Waals surface area contributed by atoms with Gasteiger partial charge in [-0.1, -0.05) is 13.8 Å². The predicted octanol–water partition coefficient (Wildman–Crippen LogP) is 2.90. The van der Waals surface area contributed by atoms with Crippen LogP contribution in [-0.2, 0) is 4.79 Å². The number of rotatable bonds is 3. The molecule has 3 nitrogen and oxygen atoms in total. The van der Waals surface area contributed by atoms with E-state index >= 15 is 0 Å². The quantitative estimate of drug-likeness (QED) is 0.825. The van der Waals surface area contributed by atoms with Gasteiger partial charge in [0.2, 0.25) is 0 Å². The van der Waals surface area contributed by atoms with Crippen LogP contribution < -0.4 is 5.32 Å². The zero-order chi connectivity index (χ0) is 13.6. The van der Waals surface area contributed by atoms with Crippen molar-refractivity contribution in [3.05, 3.63) is 0 Å². The number of aliphatic carboxylic acids is 1. The molecule has 0 radical (unpaired) electrons. The van der Waals surface area contributed by atoms with Crippen LogP contribution in [0.4, 0.5) is 0 Å². The molecule has 19 heavy (non-hydrogen) atoms. The maximum atomic E-state index is 11.5. The standard InChI is InChI=1S/C16H27NO2/c1-9-5-10(2)7-13(6-9)17-15-12-4-3-11(8-12)14(15)16(18)19/h9-15,17H,3-8H2,1-2H3,(H,18,19). The first-order chi connectivity index (χ1) is 9.04. The van der Waals surface area contributed by atoms with Crippen molar-refractivity contribution < 1.29 is 9.90 Å². The van der Waals surface area contributed by atoms with Gasteiger partial charge in [-0.25, -0.2) is 0 Å². The number of carboxylic acids is 1. The van der Waals surface area contributed by atoms with Crippen LogP contribution in [-0.4, -0.2) is 23.2 Å². The predicted molar refractivity (Wildman–Crippen MR) is 74.8 cm³/mol. The third-order valence-electron chi connectivity index (χ3n) is 5.81. The summed E-state index contributed by atoms with van der Waals surface area (Å²) in [6, 6.07) is 0.795. The first-order valence-corrected chi connectivity index (χ1v) is 8.03. The molecule has 3 aliphatic carbocycles. The highest BCUT2D eigenvalue weighted by Gasteiger charge is 2.51. The molecule has 3 aliphatic rings. The largest absolute Gasteiger partial charge is 0.481 e. The first kappa shape index (κ1) is 13.4. The number of nitrogens with one attached hydrogen (secondary N) is 1. The maximum Gasteiger partial charge on any atom is 0.308 e. The van der Waals surface area contributed by atoms with Gasteiger partial charge in [0, 0.05) is 12.1 Å². The summed E-state index contributed by atoms with van der Waals surface area (Å²) in [5, 5.41) is 13.3. The van der Waals surface area contributed by atoms with E-state index in [2.05, 4.69) is 19.2 Å². The highest BCUT2D eigenvalue weighted by molar-refractivity contribution is 5.72. The lowest BCUT2D eigenvalue weighted by molar-refractivity contribution is -0.144. The summed E-state index contributed by atoms with van der Waals surface area (Å²) in [7, 11) is 0. The molecule has 0 spiro atoms. The summed E-state index contributed by atoms with van der Waals surface area (Å²) in [5.74, 6) is 1.94. The molecule has 0 aromatic carbocycles. The van der Waals surface area contributed by atoms with Crippen LogP contribution in [0.15, 0.2) is 0 Å². The third kappa shape index (κ3) is 2.54. The smallest absolute Gasteiger partial charge is 0.308 e. The zero-order valence-electron chi connectivity index (χ0n) is 12.1. The van der Waals surface area contributed by atoms with Gasteiger partial charge in [0.25, 0.3) is 0 Å². The number of hydrogen-bond acceptors (Lipinski definition) is 2. The molecule has 108 valence electrons. The summed E-state index contributed by atoms with van der Waals surface area (Å²) in [4.78, 5) is 11.5. The van der Waals surface area contributed by atoms with Gasteiger partial charge in [0.1, 0.15) is 0 Å². The van der Waals surface area contributed by atoms with E-state index in [0.29, 0.717) is 17.9 Å². The minimum absolute atomic E-state index is 0.119. The van der Waals surface area contributed by atoms with Gasteiger partial charge >= 0.3 is 5.97 Å². The van der Waals surface area contributed by atoms with Crippen molar-refractivity contribution in [3.63, 3.8) is 0 Å². The molecule has 3 fully saturated rings. The van der Waals surface area contributed by atoms with Crippen molar-refractivity contribution in [3.8, 4) is 0 Å². The van der Waals surface area contributed by atoms with Crippen LogP contribution in [0, 0.1) is 29.6 Å². The molecule has 2 bridgehead atoms. The fraction of sp³-hybridized carbons (Fsp3) is 0.938. The van der Waals surface area contributed by atoms with E-state index in [1.807, 2.05) is 0 Å². The second-order valence-corrected chi connectivity index (χ2v) is 7.50. The van der Waals surface area contributed by atoms with E-state index in [1.54, 1.807) is 0 Å². The Morgan fingerprint density at radius 2 is 1.63 bits per heavy atom. The molecule has 3 heteroatoms. The molecule has 0 aliphatic heterocycles. The van der Waals surface area contributed by atoms with Gasteiger partial charge in [-0.3, -0.25) is 4.79 Å². The van der Waals surface area contributed by atoms with Crippen LogP contribution in [0.5, 0.6) is 0 Å². The Morgan fingerprint density at radius 3 is 2.26 bits per heavy atom. The Labute approximate surface area is 116 Å². The normalized spacial score (nSPS) is 49.5. The number of fused-ring (bicyclic) bond motifs is 2. The number of carboxylic acid groups (broad SMARTS) is 1. The highest BCUT2D eigenvalue weighted by Crippen LogP contribution is 2.49. The van der Waals surface area contributed by atoms with Crippen molar-refractivity contribution in [1.82, 2.24) is 5.32 Å². The molecule has 6 atom stereocenters. The molecule has 3 rings (SSSR count). The van der Waals surface area contributed by atoms with Gasteiger partial charge in [-0.05, 0) is 62.2 Å². The minimum Gasteiger partial charge on any atom is -0.481 e. The van der Waals surface area contributed by atoms with Crippen molar-refractivity contribution in [1.29, 1.82) is 0 Å². The van der Waals surface area contributed by atoms with Gasteiger partial charge in [-0.2, -0.15) is 0 Å². The van der Waals surface area contributed by atoms with Gasteiger partial charge < -0.3 is 10.4 Å². The minimum atomic E-state index is -0.568. The molecule has 6 unspecified atom stereocenters. The van der Waals surface area contributed by atoms with E-state index in [0.717, 1.165) is 24.7 Å². The first-order valence-electron chi connectivity index (χ1n) is 8.03. The fourth-order valence-electron chi connectivity index (χ4n) is 5.24. The van der Waals surface area contributed by atoms with Crippen molar-refractivity contribution in [2.24, 2.45) is 29.6 Å². The summed E-state index contributed by atoms with van der Waals surface area (Å²) in [6.45, 7) is 4.67. The van der Waals surface area contributed by atoms with Crippen molar-refractivity contribution in [2.75, 3.05) is 0 Å². The Morgan fingerprint density at radius 1 is 1.00 bits per heavy atom. The van der Waals surface area contributed by atoms with Crippen molar-refractivity contribution >= 4 is 5.97 Å². The second-order valence-electron chi connectivity index (χ2n) is 7.50. The van der Waals surface area contributed by atoms with Crippen molar-refractivity contribution in [2.45, 2.75) is 64.5 Å². The molecule has 0 aromatic heterocycles. The number of carbonyl (C=O) groups is 1. The SMILES string of the molecule is CC1CC(C)CC(NC2C3CCC(C3)C2C(=O)O)C1. The van der Waals surface area contributed by atoms with Crippen LogP contribution in [0.1, 0.15) is 52.4 Å². The van der Waals surface area contributed by atoms with E-state index in [1.165, 1.54) is 25.7 Å². The lowest BCUT2D eigenvalue weighted by Gasteiger charge is -2.37. The molecule has 0 heterocycles. The molecule has 0 aromatic rings. The van der Waals surface area contributed by atoms with Gasteiger partial charge in [0.05, 0.1) is 5.92 Å². The van der Waals surface area contributed by atoms with Crippen LogP contribution >= 0.6 is 0 Å². The molecule has 3 saturated carbocycles. The molecule has 0 saturated heterocycles. The highest BCUT2D eigenvalue weighted by atomic mass is 16.4. The Balaban J connectivity index is 1.66. The number of hydrogen-bond donors (Lipinski definition) is 2. The maximum absolute atomic E-state index is 11.5. The third-order valence-corrected chi connectivity index (χ3v) is 5.81. The Kier molecular flexibility index (Phi) is 3.59. The zero-order valence-corrected chi connectivity index (χ0v) is 12.1. The Bertz CT molecular complexity index is 347. The lowest BCUT2D eigenvalue weighted by atomic mass is 9.78. The second kappa shape index (κ2) is 5.08. The molecular formula is C16H27NO2. The summed E-state index contributed by atoms with van der Waals surface area (Å²) in [6.07, 6.45) is 7.31. The van der Waals surface area contributed by atoms with E-state index in [4.69, 9.17) is 0 Å². The van der Waals surface area contributed by atoms with E-state index in [-0.39, 0.29) is 12.0 Å². The fourth-order valence-corrected chi connectivity index (χ4v) is 5.24. The summed E-state index contributed by atoms with van der Waals surface area (Å²) >= 11 is 0. The Hall–Kier alpha value is -0.570. The molecular weight excluding hydrogens is 238 g/mol. The average Bonchev–Trinajstić information content (AvgIpc) is 2.87. The van der Waals surface area contributed by atoms with Crippen LogP contribution in [0.3, 0.4) is 0 Å². The summed E-state index contributed by atoms with van der Waals surface area (Å²) < 4.78 is 0. The van der Waals surface area contributed by atoms with Gasteiger partial charge in [-0.15, -0.1) is 0 Å². The van der Waals surface area contributed by atoms with Crippen LogP contribution in [0.2, 0.25) is 0 Å². The van der Waals surface area contributed by atoms with E-state index in [9.17, 15) is 9.90 Å². The topological polar surface area (TPSA) is 49.3 Å². The molecule has 0 amide bonds. The van der Waals surface area contributed by atoms with E-state index < -0.39 is 5.97 Å². The average molecular weight is 265 g/mol. The monoisotopic (exact) mass is 265 g/mol. The van der Waals surface area contributed by atoms with Gasteiger partial charge in [0.15, 0.2) is 0 Å². The molecule has 2 N–H and O–H groups in total. The van der Waals surface area contributed by atoms with Crippen LogP contribution in [0.25, 0.3) is 0 Å².